The Morgan fingerprint density at radius 2 is 1.96 bits per heavy atom. The van der Waals surface area contributed by atoms with E-state index in [0.717, 1.165) is 31.7 Å². The highest BCUT2D eigenvalue weighted by Crippen LogP contribution is 2.27. The molecular formula is C20H28N2O2. The zero-order valence-electron chi connectivity index (χ0n) is 14.4. The molecule has 1 atom stereocenters. The maximum atomic E-state index is 12.1. The monoisotopic (exact) mass is 328 g/mol. The zero-order chi connectivity index (χ0) is 16.4. The van der Waals surface area contributed by atoms with Crippen molar-refractivity contribution in [2.75, 3.05) is 19.7 Å². The summed E-state index contributed by atoms with van der Waals surface area (Å²) in [6.07, 6.45) is 8.09. The number of nitrogens with zero attached hydrogens (tertiary/aromatic N) is 1. The Balaban J connectivity index is 1.35. The maximum absolute atomic E-state index is 12.1. The van der Waals surface area contributed by atoms with Crippen molar-refractivity contribution in [2.24, 2.45) is 0 Å². The maximum Gasteiger partial charge on any atom is 0.249 e. The van der Waals surface area contributed by atoms with Crippen molar-refractivity contribution in [1.82, 2.24) is 10.2 Å². The summed E-state index contributed by atoms with van der Waals surface area (Å²) in [6.45, 7) is 3.71. The Morgan fingerprint density at radius 3 is 2.67 bits per heavy atom. The molecule has 4 nitrogen and oxygen atoms in total. The van der Waals surface area contributed by atoms with Gasteiger partial charge < -0.3 is 10.1 Å². The number of ether oxygens (including phenoxy) is 1. The van der Waals surface area contributed by atoms with E-state index in [9.17, 15) is 4.79 Å². The summed E-state index contributed by atoms with van der Waals surface area (Å²) in [7, 11) is 0. The van der Waals surface area contributed by atoms with Crippen molar-refractivity contribution < 1.29 is 9.53 Å². The third kappa shape index (κ3) is 3.50. The largest absolute Gasteiger partial charge is 0.368 e. The molecule has 1 N–H and O–H groups in total. The molecule has 1 aromatic carbocycles. The fraction of sp³-hybridized carbons (Fsp3) is 0.650. The van der Waals surface area contributed by atoms with Crippen LogP contribution in [0.15, 0.2) is 18.2 Å². The SMILES string of the molecule is O=C(NCc1ccc2c(c1)CCN(C1CCC1)CC2)C1CCCO1. The number of fused-ring (bicyclic) bond motifs is 1. The molecule has 0 aromatic heterocycles. The Morgan fingerprint density at radius 1 is 1.12 bits per heavy atom. The highest BCUT2D eigenvalue weighted by Gasteiger charge is 2.26. The first-order chi connectivity index (χ1) is 11.8. The molecule has 1 saturated carbocycles. The van der Waals surface area contributed by atoms with Crippen molar-refractivity contribution in [2.45, 2.75) is 63.6 Å². The van der Waals surface area contributed by atoms with E-state index in [0.29, 0.717) is 13.2 Å². The average Bonchev–Trinajstić information content (AvgIpc) is 3.01. The molecule has 130 valence electrons. The third-order valence-corrected chi connectivity index (χ3v) is 5.89. The van der Waals surface area contributed by atoms with E-state index in [4.69, 9.17) is 4.74 Å². The standard InChI is InChI=1S/C20H28N2O2/c23-20(19-5-2-12-24-19)21-14-15-6-7-16-8-10-22(18-3-1-4-18)11-9-17(16)13-15/h6-7,13,18-19H,1-5,8-12,14H2,(H,21,23). The molecule has 2 aliphatic heterocycles. The lowest BCUT2D eigenvalue weighted by Crippen LogP contribution is -2.41. The van der Waals surface area contributed by atoms with Crippen LogP contribution in [0, 0.1) is 0 Å². The predicted molar refractivity (Wildman–Crippen MR) is 93.9 cm³/mol. The minimum absolute atomic E-state index is 0.0404. The van der Waals surface area contributed by atoms with E-state index in [1.54, 1.807) is 0 Å². The second-order valence-electron chi connectivity index (χ2n) is 7.44. The molecule has 4 rings (SSSR count). The molecule has 1 aliphatic carbocycles. The number of rotatable bonds is 4. The van der Waals surface area contributed by atoms with Crippen LogP contribution in [0.1, 0.15) is 48.8 Å². The highest BCUT2D eigenvalue weighted by molar-refractivity contribution is 5.80. The summed E-state index contributed by atoms with van der Waals surface area (Å²) in [5.74, 6) is 0.0404. The van der Waals surface area contributed by atoms with Gasteiger partial charge in [0.15, 0.2) is 0 Å². The van der Waals surface area contributed by atoms with Crippen LogP contribution < -0.4 is 5.32 Å². The minimum Gasteiger partial charge on any atom is -0.368 e. The van der Waals surface area contributed by atoms with Gasteiger partial charge in [0.25, 0.3) is 0 Å². The van der Waals surface area contributed by atoms with Gasteiger partial charge >= 0.3 is 0 Å². The third-order valence-electron chi connectivity index (χ3n) is 5.89. The van der Waals surface area contributed by atoms with E-state index in [-0.39, 0.29) is 12.0 Å². The average molecular weight is 328 g/mol. The molecular weight excluding hydrogens is 300 g/mol. The van der Waals surface area contributed by atoms with Crippen LogP contribution in [0.5, 0.6) is 0 Å². The Hall–Kier alpha value is -1.39. The van der Waals surface area contributed by atoms with Gasteiger partial charge in [-0.25, -0.2) is 0 Å². The second kappa shape index (κ2) is 7.24. The molecule has 1 aromatic rings. The van der Waals surface area contributed by atoms with Crippen molar-refractivity contribution in [3.8, 4) is 0 Å². The molecule has 4 heteroatoms. The van der Waals surface area contributed by atoms with Crippen molar-refractivity contribution in [3.05, 3.63) is 34.9 Å². The van der Waals surface area contributed by atoms with Gasteiger partial charge in [-0.05, 0) is 55.2 Å². The summed E-state index contributed by atoms with van der Waals surface area (Å²) in [4.78, 5) is 14.8. The highest BCUT2D eigenvalue weighted by atomic mass is 16.5. The number of hydrogen-bond donors (Lipinski definition) is 1. The fourth-order valence-corrected chi connectivity index (χ4v) is 4.11. The summed E-state index contributed by atoms with van der Waals surface area (Å²) in [5.41, 5.74) is 4.17. The molecule has 1 saturated heterocycles. The van der Waals surface area contributed by atoms with E-state index < -0.39 is 0 Å². The molecule has 24 heavy (non-hydrogen) atoms. The Bertz CT molecular complexity index is 591. The van der Waals surface area contributed by atoms with Crippen molar-refractivity contribution in [3.63, 3.8) is 0 Å². The molecule has 0 spiro atoms. The van der Waals surface area contributed by atoms with Gasteiger partial charge in [-0.3, -0.25) is 9.69 Å². The molecule has 3 aliphatic rings. The van der Waals surface area contributed by atoms with Crippen LogP contribution in [0.3, 0.4) is 0 Å². The molecule has 2 heterocycles. The first-order valence-corrected chi connectivity index (χ1v) is 9.53. The van der Waals surface area contributed by atoms with Crippen LogP contribution in [-0.2, 0) is 28.9 Å². The number of carbonyl (C=O) groups excluding carboxylic acids is 1. The van der Waals surface area contributed by atoms with E-state index in [2.05, 4.69) is 28.4 Å². The number of benzene rings is 1. The van der Waals surface area contributed by atoms with Gasteiger partial charge in [0.05, 0.1) is 0 Å². The minimum atomic E-state index is -0.234. The summed E-state index contributed by atoms with van der Waals surface area (Å²) in [6, 6.07) is 7.58. The van der Waals surface area contributed by atoms with Crippen molar-refractivity contribution in [1.29, 1.82) is 0 Å². The van der Waals surface area contributed by atoms with E-state index in [1.807, 2.05) is 0 Å². The van der Waals surface area contributed by atoms with Gasteiger partial charge in [-0.2, -0.15) is 0 Å². The summed E-state index contributed by atoms with van der Waals surface area (Å²) < 4.78 is 5.44. The van der Waals surface area contributed by atoms with Gasteiger partial charge in [0, 0.05) is 32.3 Å². The van der Waals surface area contributed by atoms with Crippen molar-refractivity contribution >= 4 is 5.91 Å². The van der Waals surface area contributed by atoms with Gasteiger partial charge in [0.2, 0.25) is 5.91 Å². The lowest BCUT2D eigenvalue weighted by atomic mass is 9.91. The molecule has 0 radical (unpaired) electrons. The van der Waals surface area contributed by atoms with Gasteiger partial charge in [0.1, 0.15) is 6.10 Å². The smallest absolute Gasteiger partial charge is 0.249 e. The number of nitrogens with one attached hydrogen (secondary N) is 1. The number of hydrogen-bond acceptors (Lipinski definition) is 3. The molecule has 2 fully saturated rings. The molecule has 1 amide bonds. The van der Waals surface area contributed by atoms with Crippen LogP contribution in [0.4, 0.5) is 0 Å². The second-order valence-corrected chi connectivity index (χ2v) is 7.44. The number of amides is 1. The predicted octanol–water partition coefficient (Wildman–Crippen LogP) is 2.43. The van der Waals surface area contributed by atoms with Crippen LogP contribution >= 0.6 is 0 Å². The van der Waals surface area contributed by atoms with E-state index in [1.165, 1.54) is 49.0 Å². The van der Waals surface area contributed by atoms with Crippen LogP contribution in [-0.4, -0.2) is 42.6 Å². The van der Waals surface area contributed by atoms with Gasteiger partial charge in [-0.15, -0.1) is 0 Å². The van der Waals surface area contributed by atoms with Crippen LogP contribution in [0.25, 0.3) is 0 Å². The zero-order valence-corrected chi connectivity index (χ0v) is 14.4. The Labute approximate surface area is 144 Å². The summed E-state index contributed by atoms with van der Waals surface area (Å²) >= 11 is 0. The van der Waals surface area contributed by atoms with Crippen LogP contribution in [0.2, 0.25) is 0 Å². The number of carbonyl (C=O) groups is 1. The van der Waals surface area contributed by atoms with Gasteiger partial charge in [-0.1, -0.05) is 24.6 Å². The topological polar surface area (TPSA) is 41.6 Å². The lowest BCUT2D eigenvalue weighted by Gasteiger charge is -2.36. The lowest BCUT2D eigenvalue weighted by molar-refractivity contribution is -0.130. The first kappa shape index (κ1) is 16.1. The quantitative estimate of drug-likeness (QED) is 0.923. The molecule has 1 unspecified atom stereocenters. The first-order valence-electron chi connectivity index (χ1n) is 9.53. The summed E-state index contributed by atoms with van der Waals surface area (Å²) in [5, 5.41) is 3.03. The fourth-order valence-electron chi connectivity index (χ4n) is 4.11. The normalized spacial score (nSPS) is 24.9. The van der Waals surface area contributed by atoms with E-state index >= 15 is 0 Å². The molecule has 0 bridgehead atoms. The Kier molecular flexibility index (Phi) is 4.86.